The fraction of sp³-hybridized carbons (Fsp3) is 0.421. The van der Waals surface area contributed by atoms with E-state index in [2.05, 4.69) is 60.4 Å². The van der Waals surface area contributed by atoms with Crippen molar-refractivity contribution in [3.63, 3.8) is 0 Å². The fourth-order valence-electron chi connectivity index (χ4n) is 2.46. The maximum absolute atomic E-state index is 4.07. The van der Waals surface area contributed by atoms with Gasteiger partial charge >= 0.3 is 0 Å². The molecule has 0 aliphatic carbocycles. The highest BCUT2D eigenvalue weighted by atomic mass is 14.8. The molecule has 0 saturated heterocycles. The van der Waals surface area contributed by atoms with Gasteiger partial charge in [-0.15, -0.1) is 0 Å². The zero-order chi connectivity index (χ0) is 15.3. The van der Waals surface area contributed by atoms with Crippen LogP contribution in [0.15, 0.2) is 47.6 Å². The Balaban J connectivity index is 2.57. The predicted octanol–water partition coefficient (Wildman–Crippen LogP) is 4.48. The van der Waals surface area contributed by atoms with Crippen molar-refractivity contribution in [2.75, 3.05) is 13.6 Å². The van der Waals surface area contributed by atoms with Crippen molar-refractivity contribution >= 4 is 12.8 Å². The lowest BCUT2D eigenvalue weighted by Crippen LogP contribution is -2.06. The predicted molar refractivity (Wildman–Crippen MR) is 94.8 cm³/mol. The first-order valence-corrected chi connectivity index (χ1v) is 7.82. The third-order valence-corrected chi connectivity index (χ3v) is 3.54. The van der Waals surface area contributed by atoms with Crippen LogP contribution in [0.25, 0.3) is 6.08 Å². The van der Waals surface area contributed by atoms with E-state index in [1.165, 1.54) is 30.4 Å². The monoisotopic (exact) mass is 284 g/mol. The zero-order valence-electron chi connectivity index (χ0n) is 13.4. The second-order valence-corrected chi connectivity index (χ2v) is 5.35. The number of benzene rings is 1. The molecule has 2 heteroatoms. The van der Waals surface area contributed by atoms with E-state index < -0.39 is 0 Å². The van der Waals surface area contributed by atoms with Crippen LogP contribution < -0.4 is 5.32 Å². The van der Waals surface area contributed by atoms with Crippen molar-refractivity contribution in [3.8, 4) is 0 Å². The van der Waals surface area contributed by atoms with Gasteiger partial charge in [0.05, 0.1) is 0 Å². The highest BCUT2D eigenvalue weighted by Crippen LogP contribution is 2.17. The largest absolute Gasteiger partial charge is 0.394 e. The highest BCUT2D eigenvalue weighted by molar-refractivity contribution is 5.52. The number of nitrogens with zero attached hydrogens (tertiary/aromatic N) is 1. The lowest BCUT2D eigenvalue weighted by atomic mass is 9.95. The molecule has 1 rings (SSSR count). The Hall–Kier alpha value is -1.83. The van der Waals surface area contributed by atoms with Crippen LogP contribution in [0.1, 0.15) is 37.3 Å². The van der Waals surface area contributed by atoms with Gasteiger partial charge in [0.2, 0.25) is 0 Å². The van der Waals surface area contributed by atoms with Crippen LogP contribution in [0.2, 0.25) is 0 Å². The Kier molecular flexibility index (Phi) is 8.94. The average Bonchev–Trinajstić information content (AvgIpc) is 2.50. The van der Waals surface area contributed by atoms with Crippen LogP contribution >= 0.6 is 0 Å². The summed E-state index contributed by atoms with van der Waals surface area (Å²) in [6.07, 6.45) is 12.9. The van der Waals surface area contributed by atoms with Crippen LogP contribution in [0.4, 0.5) is 0 Å². The van der Waals surface area contributed by atoms with E-state index in [-0.39, 0.29) is 0 Å². The zero-order valence-corrected chi connectivity index (χ0v) is 13.4. The van der Waals surface area contributed by atoms with E-state index in [9.17, 15) is 0 Å². The molecule has 0 bridgehead atoms. The van der Waals surface area contributed by atoms with E-state index in [1.807, 2.05) is 19.3 Å². The first kappa shape index (κ1) is 17.2. The minimum absolute atomic E-state index is 0.672. The number of nitrogens with one attached hydrogen (secondary N) is 1. The second-order valence-electron chi connectivity index (χ2n) is 5.35. The third-order valence-electron chi connectivity index (χ3n) is 3.54. The van der Waals surface area contributed by atoms with Crippen molar-refractivity contribution < 1.29 is 0 Å². The van der Waals surface area contributed by atoms with Crippen LogP contribution in [0, 0.1) is 5.92 Å². The Labute approximate surface area is 129 Å². The van der Waals surface area contributed by atoms with Gasteiger partial charge in [0.1, 0.15) is 0 Å². The molecule has 0 heterocycles. The molecule has 1 aromatic carbocycles. The number of hydrogen-bond donors (Lipinski definition) is 1. The summed E-state index contributed by atoms with van der Waals surface area (Å²) in [5, 5.41) is 2.98. The average molecular weight is 284 g/mol. The van der Waals surface area contributed by atoms with Gasteiger partial charge < -0.3 is 10.3 Å². The summed E-state index contributed by atoms with van der Waals surface area (Å²) in [4.78, 5) is 4.07. The van der Waals surface area contributed by atoms with Crippen LogP contribution in [0.3, 0.4) is 0 Å². The molecule has 0 aromatic heterocycles. The summed E-state index contributed by atoms with van der Waals surface area (Å²) < 4.78 is 0. The molecule has 0 aliphatic heterocycles. The summed E-state index contributed by atoms with van der Waals surface area (Å²) in [5.74, 6) is 0.672. The van der Waals surface area contributed by atoms with E-state index in [0.29, 0.717) is 5.92 Å². The number of aryl methyl sites for hydroxylation is 1. The number of hydrogen-bond acceptors (Lipinski definition) is 2. The standard InChI is InChI=1S/C19H28N2/c1-4-8-19(16-21-3)13-12-18-11-7-10-17(15-18)9-5-6-14-20-2/h5-7,9-11,14-15,19-20H,3-4,8,12-13,16H2,1-2H3/b9-5-,14-6-. The van der Waals surface area contributed by atoms with Gasteiger partial charge in [0, 0.05) is 13.6 Å². The topological polar surface area (TPSA) is 24.4 Å². The molecule has 114 valence electrons. The third kappa shape index (κ3) is 7.50. The van der Waals surface area contributed by atoms with Crippen LogP contribution in [0.5, 0.6) is 0 Å². The molecule has 0 radical (unpaired) electrons. The van der Waals surface area contributed by atoms with E-state index in [4.69, 9.17) is 0 Å². The van der Waals surface area contributed by atoms with Crippen LogP contribution in [-0.4, -0.2) is 20.3 Å². The van der Waals surface area contributed by atoms with Crippen molar-refractivity contribution in [3.05, 3.63) is 53.7 Å². The molecule has 0 fully saturated rings. The van der Waals surface area contributed by atoms with E-state index in [0.717, 1.165) is 13.0 Å². The molecule has 1 aromatic rings. The minimum atomic E-state index is 0.672. The van der Waals surface area contributed by atoms with Crippen LogP contribution in [-0.2, 0) is 6.42 Å². The quantitative estimate of drug-likeness (QED) is 0.497. The molecular formula is C19H28N2. The minimum Gasteiger partial charge on any atom is -0.394 e. The summed E-state index contributed by atoms with van der Waals surface area (Å²) in [7, 11) is 1.90. The molecule has 21 heavy (non-hydrogen) atoms. The van der Waals surface area contributed by atoms with Crippen molar-refractivity contribution in [1.82, 2.24) is 5.32 Å². The van der Waals surface area contributed by atoms with Crippen molar-refractivity contribution in [2.45, 2.75) is 32.6 Å². The molecule has 1 atom stereocenters. The van der Waals surface area contributed by atoms with E-state index >= 15 is 0 Å². The Morgan fingerprint density at radius 2 is 2.14 bits per heavy atom. The summed E-state index contributed by atoms with van der Waals surface area (Å²) in [6.45, 7) is 6.76. The highest BCUT2D eigenvalue weighted by Gasteiger charge is 2.07. The molecule has 1 unspecified atom stereocenters. The second kappa shape index (κ2) is 10.9. The Bertz CT molecular complexity index is 460. The molecular weight excluding hydrogens is 256 g/mol. The number of allylic oxidation sites excluding steroid dienone is 2. The molecule has 1 N–H and O–H groups in total. The van der Waals surface area contributed by atoms with Gasteiger partial charge in [-0.05, 0) is 55.3 Å². The first-order valence-electron chi connectivity index (χ1n) is 7.82. The van der Waals surface area contributed by atoms with Gasteiger partial charge in [-0.25, -0.2) is 0 Å². The Morgan fingerprint density at radius 3 is 2.86 bits per heavy atom. The SMILES string of the molecule is C=NCC(CCC)CCc1cccc(/C=C\C=C/NC)c1. The Morgan fingerprint density at radius 1 is 1.29 bits per heavy atom. The van der Waals surface area contributed by atoms with E-state index in [1.54, 1.807) is 0 Å². The maximum Gasteiger partial charge on any atom is 0.0410 e. The fourth-order valence-corrected chi connectivity index (χ4v) is 2.46. The lowest BCUT2D eigenvalue weighted by Gasteiger charge is -2.13. The number of rotatable bonds is 10. The molecule has 0 aliphatic rings. The summed E-state index contributed by atoms with van der Waals surface area (Å²) >= 11 is 0. The van der Waals surface area contributed by atoms with Crippen molar-refractivity contribution in [1.29, 1.82) is 0 Å². The van der Waals surface area contributed by atoms with Gasteiger partial charge in [-0.3, -0.25) is 0 Å². The molecule has 0 spiro atoms. The van der Waals surface area contributed by atoms with Gasteiger partial charge in [0.25, 0.3) is 0 Å². The van der Waals surface area contributed by atoms with Gasteiger partial charge in [-0.2, -0.15) is 0 Å². The van der Waals surface area contributed by atoms with Gasteiger partial charge in [0.15, 0.2) is 0 Å². The van der Waals surface area contributed by atoms with Gasteiger partial charge in [-0.1, -0.05) is 49.8 Å². The smallest absolute Gasteiger partial charge is 0.0410 e. The lowest BCUT2D eigenvalue weighted by molar-refractivity contribution is 0.458. The van der Waals surface area contributed by atoms with Crippen molar-refractivity contribution in [2.24, 2.45) is 10.9 Å². The normalized spacial score (nSPS) is 12.9. The molecule has 2 nitrogen and oxygen atoms in total. The maximum atomic E-state index is 4.07. The molecule has 0 amide bonds. The summed E-state index contributed by atoms with van der Waals surface area (Å²) in [6, 6.07) is 8.76. The molecule has 0 saturated carbocycles. The number of aliphatic imine (C=N–C) groups is 1. The summed E-state index contributed by atoms with van der Waals surface area (Å²) in [5.41, 5.74) is 2.65. The first-order chi connectivity index (χ1) is 10.3.